The van der Waals surface area contributed by atoms with Gasteiger partial charge in [-0.3, -0.25) is 0 Å². The Hall–Kier alpha value is -2.47. The molecule has 4 N–H and O–H groups in total. The second kappa shape index (κ2) is 8.76. The number of nitrogen functional groups attached to an aromatic ring is 1. The number of anilines is 2. The number of benzene rings is 1. The molecule has 5 nitrogen and oxygen atoms in total. The van der Waals surface area contributed by atoms with Gasteiger partial charge in [-0.15, -0.1) is 0 Å². The van der Waals surface area contributed by atoms with Crippen molar-refractivity contribution < 1.29 is 5.11 Å². The number of aliphatic hydroxyl groups excluding tert-OH is 1. The number of fused-ring (bicyclic) bond motifs is 1. The van der Waals surface area contributed by atoms with Gasteiger partial charge in [-0.25, -0.2) is 0 Å². The van der Waals surface area contributed by atoms with E-state index in [1.807, 2.05) is 31.4 Å². The molecule has 1 atom stereocenters. The number of rotatable bonds is 8. The van der Waals surface area contributed by atoms with E-state index in [1.54, 1.807) is 0 Å². The topological polar surface area (TPSA) is 84.1 Å². The Balaban J connectivity index is 1.75. The average molecular weight is 348 g/mol. The number of nitrogens with one attached hydrogen (secondary N) is 1. The van der Waals surface area contributed by atoms with Crippen LogP contribution in [0.25, 0.3) is 10.8 Å². The van der Waals surface area contributed by atoms with Crippen LogP contribution >= 0.6 is 0 Å². The van der Waals surface area contributed by atoms with Crippen molar-refractivity contribution in [3.63, 3.8) is 0 Å². The maximum absolute atomic E-state index is 9.57. The van der Waals surface area contributed by atoms with Gasteiger partial charge in [0.25, 0.3) is 0 Å². The average Bonchev–Trinajstić information content (AvgIpc) is 2.67. The van der Waals surface area contributed by atoms with Gasteiger partial charge in [-0.05, 0) is 0 Å². The first-order valence-electron chi connectivity index (χ1n) is 9.15. The van der Waals surface area contributed by atoms with Gasteiger partial charge < -0.3 is 0 Å². The molecule has 26 heavy (non-hydrogen) atoms. The van der Waals surface area contributed by atoms with Crippen LogP contribution in [0.3, 0.4) is 0 Å². The number of pyridine rings is 1. The molecule has 6 heteroatoms. The number of aromatic nitrogens is 2. The first-order chi connectivity index (χ1) is 12.7. The van der Waals surface area contributed by atoms with Crippen LogP contribution in [0.1, 0.15) is 31.0 Å². The molecule has 0 aliphatic rings. The Morgan fingerprint density at radius 2 is 1.96 bits per heavy atom. The molecular formula is C20H25BN4O. The zero-order valence-electron chi connectivity index (χ0n) is 15.2. The van der Waals surface area contributed by atoms with Gasteiger partial charge in [-0.2, -0.15) is 0 Å². The van der Waals surface area contributed by atoms with Gasteiger partial charge in [0.1, 0.15) is 0 Å². The molecule has 1 aromatic carbocycles. The Kier molecular flexibility index (Phi) is 6.18. The molecule has 0 aliphatic carbocycles. The standard InChI is InChI=1S/C20H25BN4O/c1-2-5-18(13-26)25-19-16(12-24-20(22)21-19)8-9-17-10-14-6-3-4-7-15(14)11-23-17/h3-4,6-7,10-12,18,25-26H,2,5,8-9,13H2,1H3,(H2,22,24). The van der Waals surface area contributed by atoms with Crippen molar-refractivity contribution in [2.45, 2.75) is 38.6 Å². The molecule has 0 radical (unpaired) electrons. The van der Waals surface area contributed by atoms with E-state index in [0.29, 0.717) is 5.71 Å². The Bertz CT molecular complexity index is 871. The molecule has 0 saturated heterocycles. The summed E-state index contributed by atoms with van der Waals surface area (Å²) in [6.45, 7) is 4.06. The predicted octanol–water partition coefficient (Wildman–Crippen LogP) is 2.91. The summed E-state index contributed by atoms with van der Waals surface area (Å²) < 4.78 is 0. The molecule has 0 bridgehead atoms. The maximum atomic E-state index is 9.57. The van der Waals surface area contributed by atoms with E-state index in [-0.39, 0.29) is 12.6 Å². The normalized spacial score (nSPS) is 12.1. The van der Waals surface area contributed by atoms with Crippen LogP contribution in [0.15, 0.2) is 42.7 Å². The molecule has 0 spiro atoms. The van der Waals surface area contributed by atoms with Crippen LogP contribution in [0, 0.1) is 0 Å². The minimum atomic E-state index is 0.0272. The molecule has 134 valence electrons. The SMILES string of the molecule is CCCC(CO)Nc1bc(N)ncc1CCc1cc2ccccc2cn1. The fourth-order valence-electron chi connectivity index (χ4n) is 3.14. The summed E-state index contributed by atoms with van der Waals surface area (Å²) in [5, 5.41) is 15.3. The Morgan fingerprint density at radius 1 is 1.15 bits per heavy atom. The number of hydrogen-bond acceptors (Lipinski definition) is 5. The number of aryl methyl sites for hydroxylation is 2. The Labute approximate surface area is 154 Å². The van der Waals surface area contributed by atoms with E-state index in [2.05, 4.69) is 40.4 Å². The van der Waals surface area contributed by atoms with Crippen molar-refractivity contribution in [3.8, 4) is 0 Å². The fourth-order valence-corrected chi connectivity index (χ4v) is 3.14. The third-order valence-electron chi connectivity index (χ3n) is 4.56. The number of aliphatic hydroxyl groups is 1. The molecular weight excluding hydrogens is 323 g/mol. The summed E-state index contributed by atoms with van der Waals surface area (Å²) in [5.74, 6) is 0. The van der Waals surface area contributed by atoms with Crippen molar-refractivity contribution in [2.24, 2.45) is 0 Å². The van der Waals surface area contributed by atoms with E-state index >= 15 is 0 Å². The van der Waals surface area contributed by atoms with E-state index in [1.165, 1.54) is 5.39 Å². The van der Waals surface area contributed by atoms with Crippen molar-refractivity contribution in [3.05, 3.63) is 54.0 Å². The monoisotopic (exact) mass is 348 g/mol. The first kappa shape index (κ1) is 18.3. The summed E-state index contributed by atoms with van der Waals surface area (Å²) >= 11 is 0. The first-order valence-corrected chi connectivity index (χ1v) is 9.15. The van der Waals surface area contributed by atoms with Gasteiger partial charge in [0.05, 0.1) is 0 Å². The van der Waals surface area contributed by atoms with Crippen molar-refractivity contribution in [2.75, 3.05) is 17.7 Å². The van der Waals surface area contributed by atoms with E-state index in [4.69, 9.17) is 5.73 Å². The van der Waals surface area contributed by atoms with Crippen LogP contribution in [-0.2, 0) is 12.8 Å². The van der Waals surface area contributed by atoms with Gasteiger partial charge in [0.2, 0.25) is 0 Å². The molecule has 2 heterocycles. The molecule has 3 rings (SSSR count). The van der Waals surface area contributed by atoms with Gasteiger partial charge in [-0.1, -0.05) is 0 Å². The van der Waals surface area contributed by atoms with Crippen molar-refractivity contribution in [1.82, 2.24) is 9.97 Å². The minimum absolute atomic E-state index is 0.0272. The molecule has 0 fully saturated rings. The Morgan fingerprint density at radius 3 is 2.73 bits per heavy atom. The number of nitrogens with zero attached hydrogens (tertiary/aromatic N) is 2. The quantitative estimate of drug-likeness (QED) is 0.583. The summed E-state index contributed by atoms with van der Waals surface area (Å²) in [5.41, 5.74) is 9.43. The fraction of sp³-hybridized carbons (Fsp3) is 0.350. The zero-order chi connectivity index (χ0) is 18.4. The van der Waals surface area contributed by atoms with E-state index < -0.39 is 0 Å². The summed E-state index contributed by atoms with van der Waals surface area (Å²) in [7, 11) is 0. The van der Waals surface area contributed by atoms with E-state index in [0.717, 1.165) is 47.9 Å². The second-order valence-corrected chi connectivity index (χ2v) is 6.60. The predicted molar refractivity (Wildman–Crippen MR) is 109 cm³/mol. The number of hydrogen-bond donors (Lipinski definition) is 3. The summed E-state index contributed by atoms with van der Waals surface area (Å²) in [6, 6.07) is 10.4. The van der Waals surface area contributed by atoms with Crippen molar-refractivity contribution in [1.29, 1.82) is 0 Å². The van der Waals surface area contributed by atoms with Crippen LogP contribution < -0.4 is 11.1 Å². The van der Waals surface area contributed by atoms with Crippen LogP contribution in [0.5, 0.6) is 0 Å². The summed E-state index contributed by atoms with van der Waals surface area (Å²) in [6.07, 6.45) is 7.29. The second-order valence-electron chi connectivity index (χ2n) is 6.60. The van der Waals surface area contributed by atoms with Crippen LogP contribution in [-0.4, -0.2) is 34.6 Å². The summed E-state index contributed by atoms with van der Waals surface area (Å²) in [4.78, 5) is 8.81. The van der Waals surface area contributed by atoms with E-state index in [9.17, 15) is 5.11 Å². The van der Waals surface area contributed by atoms with Gasteiger partial charge in [0.15, 0.2) is 0 Å². The zero-order valence-corrected chi connectivity index (χ0v) is 15.2. The van der Waals surface area contributed by atoms with Gasteiger partial charge in [0, 0.05) is 0 Å². The molecule has 2 aromatic heterocycles. The third kappa shape index (κ3) is 4.58. The van der Waals surface area contributed by atoms with Gasteiger partial charge >= 0.3 is 154 Å². The molecule has 1 unspecified atom stereocenters. The molecule has 0 aliphatic heterocycles. The van der Waals surface area contributed by atoms with Crippen LogP contribution in [0.2, 0.25) is 0 Å². The van der Waals surface area contributed by atoms with Crippen LogP contribution in [0.4, 0.5) is 11.3 Å². The molecule has 3 aromatic rings. The van der Waals surface area contributed by atoms with Crippen molar-refractivity contribution >= 4 is 29.0 Å². The molecule has 0 saturated carbocycles. The third-order valence-corrected chi connectivity index (χ3v) is 4.56. The molecule has 0 amide bonds. The number of nitrogens with two attached hydrogens (primary N) is 1.